The number of hydrogen-bond donors (Lipinski definition) is 0. The number of carbonyl (C=O) groups is 1. The highest BCUT2D eigenvalue weighted by Crippen LogP contribution is 2.55. The Labute approximate surface area is 129 Å². The quantitative estimate of drug-likeness (QED) is 0.792. The highest BCUT2D eigenvalue weighted by molar-refractivity contribution is 6.06. The fraction of sp³-hybridized carbons (Fsp3) is 0.316. The van der Waals surface area contributed by atoms with Crippen molar-refractivity contribution in [3.8, 4) is 5.75 Å². The molecule has 2 unspecified atom stereocenters. The van der Waals surface area contributed by atoms with Crippen molar-refractivity contribution in [1.29, 1.82) is 0 Å². The average molecular weight is 294 g/mol. The van der Waals surface area contributed by atoms with Crippen molar-refractivity contribution in [2.45, 2.75) is 31.0 Å². The molecule has 0 aromatic heterocycles. The molecule has 0 bridgehead atoms. The summed E-state index contributed by atoms with van der Waals surface area (Å²) in [6, 6.07) is 15.7. The topological polar surface area (TPSA) is 38.8 Å². The van der Waals surface area contributed by atoms with Gasteiger partial charge in [0.2, 0.25) is 0 Å². The Morgan fingerprint density at radius 3 is 2.68 bits per heavy atom. The molecule has 1 heterocycles. The first-order valence-corrected chi connectivity index (χ1v) is 7.69. The van der Waals surface area contributed by atoms with Crippen LogP contribution in [-0.4, -0.2) is 18.5 Å². The van der Waals surface area contributed by atoms with Gasteiger partial charge in [0.15, 0.2) is 11.4 Å². The van der Waals surface area contributed by atoms with E-state index in [9.17, 15) is 4.79 Å². The van der Waals surface area contributed by atoms with Crippen LogP contribution in [-0.2, 0) is 11.2 Å². The van der Waals surface area contributed by atoms with E-state index in [1.165, 1.54) is 0 Å². The molecule has 112 valence electrons. The van der Waals surface area contributed by atoms with Gasteiger partial charge in [0.25, 0.3) is 0 Å². The van der Waals surface area contributed by atoms with Gasteiger partial charge >= 0.3 is 0 Å². The van der Waals surface area contributed by atoms with E-state index >= 15 is 0 Å². The summed E-state index contributed by atoms with van der Waals surface area (Å²) in [6.07, 6.45) is 2.59. The number of aryl methyl sites for hydroxylation is 1. The molecule has 0 radical (unpaired) electrons. The minimum Gasteiger partial charge on any atom is -0.497 e. The molecule has 3 nitrogen and oxygen atoms in total. The fourth-order valence-electron chi connectivity index (χ4n) is 3.50. The fourth-order valence-corrected chi connectivity index (χ4v) is 3.50. The van der Waals surface area contributed by atoms with E-state index in [4.69, 9.17) is 9.47 Å². The van der Waals surface area contributed by atoms with E-state index in [0.717, 1.165) is 41.7 Å². The molecule has 1 spiro atoms. The van der Waals surface area contributed by atoms with Crippen molar-refractivity contribution in [2.24, 2.45) is 0 Å². The lowest BCUT2D eigenvalue weighted by atomic mass is 9.89. The van der Waals surface area contributed by atoms with Crippen LogP contribution in [0.3, 0.4) is 0 Å². The second-order valence-electron chi connectivity index (χ2n) is 6.00. The monoisotopic (exact) mass is 294 g/mol. The zero-order chi connectivity index (χ0) is 15.2. The summed E-state index contributed by atoms with van der Waals surface area (Å²) in [5, 5.41) is 0. The maximum atomic E-state index is 13.0. The predicted octanol–water partition coefficient (Wildman–Crippen LogP) is 3.72. The molecule has 4 rings (SSSR count). The molecule has 22 heavy (non-hydrogen) atoms. The summed E-state index contributed by atoms with van der Waals surface area (Å²) in [6.45, 7) is 0. The van der Waals surface area contributed by atoms with Crippen molar-refractivity contribution >= 4 is 5.78 Å². The largest absolute Gasteiger partial charge is 0.497 e. The van der Waals surface area contributed by atoms with E-state index in [1.807, 2.05) is 42.5 Å². The lowest BCUT2D eigenvalue weighted by Crippen LogP contribution is -2.24. The molecule has 1 fully saturated rings. The molecular formula is C19H18O3. The first-order valence-electron chi connectivity index (χ1n) is 7.69. The molecule has 2 aromatic rings. The first-order chi connectivity index (χ1) is 10.7. The number of ketones is 1. The smallest absolute Gasteiger partial charge is 0.197 e. The van der Waals surface area contributed by atoms with Crippen molar-refractivity contribution in [3.63, 3.8) is 0 Å². The number of epoxide rings is 1. The van der Waals surface area contributed by atoms with E-state index < -0.39 is 5.60 Å². The first kappa shape index (κ1) is 13.5. The van der Waals surface area contributed by atoms with Gasteiger partial charge in [-0.15, -0.1) is 0 Å². The molecule has 1 aliphatic heterocycles. The normalized spacial score (nSPS) is 26.4. The summed E-state index contributed by atoms with van der Waals surface area (Å²) >= 11 is 0. The maximum Gasteiger partial charge on any atom is 0.197 e. The van der Waals surface area contributed by atoms with E-state index in [0.29, 0.717) is 0 Å². The Hall–Kier alpha value is -2.13. The molecule has 0 N–H and O–H groups in total. The standard InChI is InChI=1S/C19H18O3/c1-21-15-10-8-14(9-11-15)18-19(22-18)12-4-6-13-5-2-3-7-16(13)17(19)20/h2-3,5,7-11,18H,4,6,12H2,1H3. The van der Waals surface area contributed by atoms with Crippen LogP contribution in [0.15, 0.2) is 48.5 Å². The third-order valence-electron chi connectivity index (χ3n) is 4.75. The number of methoxy groups -OCH3 is 1. The van der Waals surface area contributed by atoms with Crippen molar-refractivity contribution in [1.82, 2.24) is 0 Å². The average Bonchev–Trinajstić information content (AvgIpc) is 3.32. The third kappa shape index (κ3) is 1.97. The Kier molecular flexibility index (Phi) is 3.05. The second-order valence-corrected chi connectivity index (χ2v) is 6.00. The molecule has 2 atom stereocenters. The SMILES string of the molecule is COc1ccc(C2OC23CCCc2ccccc2C3=O)cc1. The lowest BCUT2D eigenvalue weighted by molar-refractivity contribution is 0.0867. The number of Topliss-reactive ketones (excluding diaryl/α,β-unsaturated/α-hetero) is 1. The van der Waals surface area contributed by atoms with Gasteiger partial charge in [-0.1, -0.05) is 36.4 Å². The Morgan fingerprint density at radius 1 is 1.14 bits per heavy atom. The number of benzene rings is 2. The molecule has 2 aromatic carbocycles. The van der Waals surface area contributed by atoms with Gasteiger partial charge in [-0.25, -0.2) is 0 Å². The van der Waals surface area contributed by atoms with Gasteiger partial charge in [-0.05, 0) is 42.5 Å². The number of fused-ring (bicyclic) bond motifs is 1. The highest BCUT2D eigenvalue weighted by Gasteiger charge is 2.62. The van der Waals surface area contributed by atoms with Crippen LogP contribution < -0.4 is 4.74 Å². The van der Waals surface area contributed by atoms with Crippen LogP contribution in [0.5, 0.6) is 5.75 Å². The minimum absolute atomic E-state index is 0.128. The maximum absolute atomic E-state index is 13.0. The van der Waals surface area contributed by atoms with Crippen LogP contribution >= 0.6 is 0 Å². The van der Waals surface area contributed by atoms with Gasteiger partial charge in [0, 0.05) is 5.56 Å². The Bertz CT molecular complexity index is 720. The van der Waals surface area contributed by atoms with Crippen molar-refractivity contribution in [2.75, 3.05) is 7.11 Å². The van der Waals surface area contributed by atoms with Crippen LogP contribution in [0.25, 0.3) is 0 Å². The van der Waals surface area contributed by atoms with Gasteiger partial charge in [-0.2, -0.15) is 0 Å². The zero-order valence-corrected chi connectivity index (χ0v) is 12.5. The van der Waals surface area contributed by atoms with Gasteiger partial charge in [0.05, 0.1) is 7.11 Å². The number of hydrogen-bond acceptors (Lipinski definition) is 3. The molecule has 2 aliphatic rings. The summed E-state index contributed by atoms with van der Waals surface area (Å²) < 4.78 is 11.1. The summed E-state index contributed by atoms with van der Waals surface area (Å²) in [7, 11) is 1.65. The van der Waals surface area contributed by atoms with Crippen molar-refractivity contribution in [3.05, 3.63) is 65.2 Å². The highest BCUT2D eigenvalue weighted by atomic mass is 16.6. The molecular weight excluding hydrogens is 276 g/mol. The van der Waals surface area contributed by atoms with Gasteiger partial charge < -0.3 is 9.47 Å². The van der Waals surface area contributed by atoms with Crippen molar-refractivity contribution < 1.29 is 14.3 Å². The minimum atomic E-state index is -0.652. The molecule has 1 saturated heterocycles. The van der Waals surface area contributed by atoms with Gasteiger partial charge in [-0.3, -0.25) is 4.79 Å². The number of carbonyl (C=O) groups excluding carboxylic acids is 1. The molecule has 3 heteroatoms. The lowest BCUT2D eigenvalue weighted by Gasteiger charge is -2.09. The van der Waals surface area contributed by atoms with Crippen LogP contribution in [0.1, 0.15) is 40.4 Å². The summed E-state index contributed by atoms with van der Waals surface area (Å²) in [5.41, 5.74) is 2.37. The van der Waals surface area contributed by atoms with E-state index in [-0.39, 0.29) is 11.9 Å². The second kappa shape index (κ2) is 4.96. The molecule has 0 amide bonds. The predicted molar refractivity (Wildman–Crippen MR) is 83.3 cm³/mol. The van der Waals surface area contributed by atoms with E-state index in [1.54, 1.807) is 7.11 Å². The zero-order valence-electron chi connectivity index (χ0n) is 12.5. The number of rotatable bonds is 2. The van der Waals surface area contributed by atoms with Gasteiger partial charge in [0.1, 0.15) is 11.9 Å². The van der Waals surface area contributed by atoms with Crippen LogP contribution in [0, 0.1) is 0 Å². The number of ether oxygens (including phenoxy) is 2. The molecule has 1 aliphatic carbocycles. The summed E-state index contributed by atoms with van der Waals surface area (Å²) in [4.78, 5) is 13.0. The Morgan fingerprint density at radius 2 is 1.91 bits per heavy atom. The van der Waals surface area contributed by atoms with Crippen LogP contribution in [0.2, 0.25) is 0 Å². The van der Waals surface area contributed by atoms with E-state index in [2.05, 4.69) is 6.07 Å². The third-order valence-corrected chi connectivity index (χ3v) is 4.75. The Balaban J connectivity index is 1.67. The molecule has 0 saturated carbocycles. The van der Waals surface area contributed by atoms with Crippen LogP contribution in [0.4, 0.5) is 0 Å². The summed E-state index contributed by atoms with van der Waals surface area (Å²) in [5.74, 6) is 0.956.